The Balaban J connectivity index is 1.92. The standard InChI is InChI=1S/C16H21Br2N5OSi/c1-25(2,3)7-6-24-9-23-12(8-10(17)15(23)18)14-13-11(4-5-20-14)21-16(19)22-13/h4-5,8H,6-7,9H2,1-3H3,(H3,19,21,22). The van der Waals surface area contributed by atoms with Crippen molar-refractivity contribution < 1.29 is 4.74 Å². The third kappa shape index (κ3) is 4.16. The van der Waals surface area contributed by atoms with Crippen molar-refractivity contribution in [3.05, 3.63) is 27.4 Å². The van der Waals surface area contributed by atoms with E-state index in [1.165, 1.54) is 0 Å². The zero-order chi connectivity index (χ0) is 18.2. The SMILES string of the molecule is C[Si](C)(C)CCOCn1c(-c2nccc3[nH]c(N)nc23)cc(Br)c1Br. The number of pyridine rings is 1. The van der Waals surface area contributed by atoms with E-state index in [2.05, 4.69) is 66.5 Å². The summed E-state index contributed by atoms with van der Waals surface area (Å²) in [5.41, 5.74) is 9.11. The maximum absolute atomic E-state index is 5.94. The Kier molecular flexibility index (Phi) is 5.38. The number of hydrogen-bond acceptors (Lipinski definition) is 4. The lowest BCUT2D eigenvalue weighted by atomic mass is 10.2. The van der Waals surface area contributed by atoms with Crippen LogP contribution in [0.15, 0.2) is 27.4 Å². The van der Waals surface area contributed by atoms with Gasteiger partial charge in [0, 0.05) is 20.9 Å². The summed E-state index contributed by atoms with van der Waals surface area (Å²) < 4.78 is 9.84. The second-order valence-electron chi connectivity index (χ2n) is 7.12. The van der Waals surface area contributed by atoms with Gasteiger partial charge < -0.3 is 20.0 Å². The molecule has 0 saturated heterocycles. The average molecular weight is 487 g/mol. The van der Waals surface area contributed by atoms with E-state index in [0.717, 1.165) is 44.1 Å². The third-order valence-electron chi connectivity index (χ3n) is 3.87. The molecule has 6 nitrogen and oxygen atoms in total. The molecule has 25 heavy (non-hydrogen) atoms. The first-order valence-electron chi connectivity index (χ1n) is 7.99. The van der Waals surface area contributed by atoms with Crippen molar-refractivity contribution in [2.45, 2.75) is 32.4 Å². The Hall–Kier alpha value is -1.16. The van der Waals surface area contributed by atoms with Crippen LogP contribution in [0, 0.1) is 0 Å². The van der Waals surface area contributed by atoms with Gasteiger partial charge in [-0.2, -0.15) is 0 Å². The predicted octanol–water partition coefficient (Wildman–Crippen LogP) is 4.85. The van der Waals surface area contributed by atoms with Gasteiger partial charge in [-0.05, 0) is 50.0 Å². The lowest BCUT2D eigenvalue weighted by Gasteiger charge is -2.16. The normalized spacial score (nSPS) is 12.2. The highest BCUT2D eigenvalue weighted by Gasteiger charge is 2.18. The molecule has 3 aromatic heterocycles. The summed E-state index contributed by atoms with van der Waals surface area (Å²) in [6.07, 6.45) is 1.75. The molecule has 0 aliphatic heterocycles. The molecular weight excluding hydrogens is 466 g/mol. The second-order valence-corrected chi connectivity index (χ2v) is 14.3. The van der Waals surface area contributed by atoms with E-state index in [1.54, 1.807) is 6.20 Å². The molecule has 0 unspecified atom stereocenters. The quantitative estimate of drug-likeness (QED) is 0.385. The number of rotatable bonds is 6. The van der Waals surface area contributed by atoms with Gasteiger partial charge in [-0.25, -0.2) is 4.98 Å². The Labute approximate surface area is 164 Å². The maximum atomic E-state index is 5.94. The van der Waals surface area contributed by atoms with Crippen molar-refractivity contribution in [3.63, 3.8) is 0 Å². The van der Waals surface area contributed by atoms with E-state index in [4.69, 9.17) is 10.5 Å². The number of H-pyrrole nitrogens is 1. The number of ether oxygens (including phenoxy) is 1. The fourth-order valence-electron chi connectivity index (χ4n) is 2.49. The van der Waals surface area contributed by atoms with Crippen LogP contribution in [0.1, 0.15) is 0 Å². The van der Waals surface area contributed by atoms with Crippen molar-refractivity contribution in [2.24, 2.45) is 0 Å². The van der Waals surface area contributed by atoms with E-state index < -0.39 is 8.07 Å². The molecule has 0 fully saturated rings. The summed E-state index contributed by atoms with van der Waals surface area (Å²) in [4.78, 5) is 11.9. The minimum Gasteiger partial charge on any atom is -0.369 e. The van der Waals surface area contributed by atoms with Crippen LogP contribution in [0.4, 0.5) is 5.95 Å². The Morgan fingerprint density at radius 3 is 2.80 bits per heavy atom. The van der Waals surface area contributed by atoms with Crippen LogP contribution >= 0.6 is 31.9 Å². The lowest BCUT2D eigenvalue weighted by Crippen LogP contribution is -2.22. The van der Waals surface area contributed by atoms with E-state index >= 15 is 0 Å². The molecular formula is C16H21Br2N5OSi. The molecule has 0 aromatic carbocycles. The van der Waals surface area contributed by atoms with Crippen LogP contribution in [0.25, 0.3) is 22.4 Å². The Morgan fingerprint density at radius 2 is 2.08 bits per heavy atom. The molecule has 3 rings (SSSR count). The number of nitrogens with one attached hydrogen (secondary N) is 1. The summed E-state index contributed by atoms with van der Waals surface area (Å²) in [6, 6.07) is 5.01. The van der Waals surface area contributed by atoms with Gasteiger partial charge in [0.2, 0.25) is 0 Å². The van der Waals surface area contributed by atoms with Crippen molar-refractivity contribution in [1.82, 2.24) is 19.5 Å². The highest BCUT2D eigenvalue weighted by atomic mass is 79.9. The van der Waals surface area contributed by atoms with Gasteiger partial charge in [0.25, 0.3) is 0 Å². The number of hydrogen-bond donors (Lipinski definition) is 2. The first-order valence-corrected chi connectivity index (χ1v) is 13.3. The Morgan fingerprint density at radius 1 is 1.32 bits per heavy atom. The smallest absolute Gasteiger partial charge is 0.198 e. The van der Waals surface area contributed by atoms with Gasteiger partial charge >= 0.3 is 0 Å². The Bertz CT molecular complexity index is 900. The van der Waals surface area contributed by atoms with Crippen LogP contribution in [0.3, 0.4) is 0 Å². The summed E-state index contributed by atoms with van der Waals surface area (Å²) in [5, 5.41) is 0. The molecule has 0 atom stereocenters. The number of anilines is 1. The summed E-state index contributed by atoms with van der Waals surface area (Å²) in [7, 11) is -1.11. The highest BCUT2D eigenvalue weighted by molar-refractivity contribution is 9.13. The van der Waals surface area contributed by atoms with Gasteiger partial charge in [0.15, 0.2) is 5.95 Å². The van der Waals surface area contributed by atoms with E-state index in [1.807, 2.05) is 16.7 Å². The number of imidazole rings is 1. The van der Waals surface area contributed by atoms with Gasteiger partial charge in [-0.15, -0.1) is 0 Å². The minimum absolute atomic E-state index is 0.381. The molecule has 3 aromatic rings. The van der Waals surface area contributed by atoms with Crippen molar-refractivity contribution >= 4 is 56.9 Å². The molecule has 0 saturated carbocycles. The number of aromatic amines is 1. The van der Waals surface area contributed by atoms with E-state index in [0.29, 0.717) is 12.7 Å². The summed E-state index contributed by atoms with van der Waals surface area (Å²) in [5.74, 6) is 0.381. The van der Waals surface area contributed by atoms with Crippen molar-refractivity contribution in [1.29, 1.82) is 0 Å². The third-order valence-corrected chi connectivity index (χ3v) is 7.56. The largest absolute Gasteiger partial charge is 0.369 e. The molecule has 0 aliphatic carbocycles. The minimum atomic E-state index is -1.11. The fourth-order valence-corrected chi connectivity index (χ4v) is 4.09. The van der Waals surface area contributed by atoms with Gasteiger partial charge in [-0.3, -0.25) is 4.98 Å². The predicted molar refractivity (Wildman–Crippen MR) is 111 cm³/mol. The molecule has 0 spiro atoms. The summed E-state index contributed by atoms with van der Waals surface area (Å²) in [6.45, 7) is 8.23. The van der Waals surface area contributed by atoms with Crippen LogP contribution in [0.5, 0.6) is 0 Å². The van der Waals surface area contributed by atoms with Gasteiger partial charge in [-0.1, -0.05) is 19.6 Å². The number of nitrogen functional groups attached to an aromatic ring is 1. The van der Waals surface area contributed by atoms with Gasteiger partial charge in [0.05, 0.1) is 15.7 Å². The maximum Gasteiger partial charge on any atom is 0.198 e. The second kappa shape index (κ2) is 7.22. The van der Waals surface area contributed by atoms with E-state index in [9.17, 15) is 0 Å². The molecule has 0 bridgehead atoms. The topological polar surface area (TPSA) is 81.8 Å². The molecule has 3 heterocycles. The average Bonchev–Trinajstić information content (AvgIpc) is 3.03. The van der Waals surface area contributed by atoms with Crippen LogP contribution in [0.2, 0.25) is 25.7 Å². The molecule has 0 amide bonds. The van der Waals surface area contributed by atoms with Crippen LogP contribution in [-0.2, 0) is 11.5 Å². The number of fused-ring (bicyclic) bond motifs is 1. The monoisotopic (exact) mass is 485 g/mol. The molecule has 3 N–H and O–H groups in total. The number of halogens is 2. The number of aromatic nitrogens is 4. The summed E-state index contributed by atoms with van der Waals surface area (Å²) >= 11 is 7.20. The number of nitrogens with two attached hydrogens (primary N) is 1. The first-order chi connectivity index (χ1) is 11.8. The van der Waals surface area contributed by atoms with Gasteiger partial charge in [0.1, 0.15) is 22.5 Å². The lowest BCUT2D eigenvalue weighted by molar-refractivity contribution is 0.0870. The zero-order valence-corrected chi connectivity index (χ0v) is 18.6. The van der Waals surface area contributed by atoms with E-state index in [-0.39, 0.29) is 0 Å². The molecule has 134 valence electrons. The van der Waals surface area contributed by atoms with Crippen molar-refractivity contribution in [2.75, 3.05) is 12.3 Å². The zero-order valence-electron chi connectivity index (χ0n) is 14.4. The highest BCUT2D eigenvalue weighted by Crippen LogP contribution is 2.35. The fraction of sp³-hybridized carbons (Fsp3) is 0.375. The van der Waals surface area contributed by atoms with Crippen LogP contribution < -0.4 is 5.73 Å². The number of nitrogens with zero attached hydrogens (tertiary/aromatic N) is 3. The molecule has 9 heteroatoms. The first kappa shape index (κ1) is 18.6. The molecule has 0 aliphatic rings. The molecule has 0 radical (unpaired) electrons. The van der Waals surface area contributed by atoms with Crippen molar-refractivity contribution in [3.8, 4) is 11.4 Å². The van der Waals surface area contributed by atoms with Crippen LogP contribution in [-0.4, -0.2) is 34.2 Å².